The Balaban J connectivity index is 4.13. The highest BCUT2D eigenvalue weighted by molar-refractivity contribution is 7.91. The number of alkyl halides is 5. The van der Waals surface area contributed by atoms with Gasteiger partial charge in [-0.3, -0.25) is 0 Å². The third-order valence-electron chi connectivity index (χ3n) is 2.48. The van der Waals surface area contributed by atoms with Crippen molar-refractivity contribution in [2.75, 3.05) is 11.5 Å². The second-order valence-corrected chi connectivity index (χ2v) is 6.88. The summed E-state index contributed by atoms with van der Waals surface area (Å²) in [4.78, 5) is 0. The molecule has 19 heavy (non-hydrogen) atoms. The second-order valence-electron chi connectivity index (χ2n) is 4.58. The first kappa shape index (κ1) is 18.6. The second kappa shape index (κ2) is 6.83. The molecular formula is C10H18F5NO2S. The summed E-state index contributed by atoms with van der Waals surface area (Å²) in [7, 11) is -3.60. The van der Waals surface area contributed by atoms with E-state index in [4.69, 9.17) is 5.73 Å². The van der Waals surface area contributed by atoms with E-state index < -0.39 is 40.5 Å². The fraction of sp³-hybridized carbons (Fsp3) is 1.00. The summed E-state index contributed by atoms with van der Waals surface area (Å²) in [6, 6.07) is -0.176. The summed E-state index contributed by atoms with van der Waals surface area (Å²) in [6.07, 6.45) is -7.13. The Morgan fingerprint density at radius 1 is 1.05 bits per heavy atom. The molecule has 2 N–H and O–H groups in total. The number of halogens is 5. The van der Waals surface area contributed by atoms with Gasteiger partial charge in [-0.2, -0.15) is 22.0 Å². The maximum absolute atomic E-state index is 12.5. The number of rotatable bonds is 8. The number of hydrogen-bond donors (Lipinski definition) is 1. The molecule has 0 heterocycles. The van der Waals surface area contributed by atoms with Crippen molar-refractivity contribution in [3.8, 4) is 0 Å². The zero-order valence-corrected chi connectivity index (χ0v) is 11.3. The minimum Gasteiger partial charge on any atom is -0.328 e. The van der Waals surface area contributed by atoms with Crippen molar-refractivity contribution in [1.29, 1.82) is 0 Å². The summed E-state index contributed by atoms with van der Waals surface area (Å²) in [6.45, 7) is 1.69. The molecule has 0 spiro atoms. The van der Waals surface area contributed by atoms with Crippen molar-refractivity contribution >= 4 is 9.84 Å². The van der Waals surface area contributed by atoms with Crippen LogP contribution in [0.15, 0.2) is 0 Å². The van der Waals surface area contributed by atoms with Crippen LogP contribution in [0.2, 0.25) is 0 Å². The van der Waals surface area contributed by atoms with Gasteiger partial charge < -0.3 is 5.73 Å². The van der Waals surface area contributed by atoms with Crippen LogP contribution in [-0.4, -0.2) is 38.1 Å². The van der Waals surface area contributed by atoms with Crippen LogP contribution in [0.5, 0.6) is 0 Å². The molecule has 0 saturated heterocycles. The van der Waals surface area contributed by atoms with Gasteiger partial charge in [0.2, 0.25) is 0 Å². The molecule has 1 unspecified atom stereocenters. The third-order valence-corrected chi connectivity index (χ3v) is 4.30. The molecule has 0 fully saturated rings. The topological polar surface area (TPSA) is 60.2 Å². The van der Waals surface area contributed by atoms with E-state index in [0.29, 0.717) is 6.42 Å². The quantitative estimate of drug-likeness (QED) is 0.701. The van der Waals surface area contributed by atoms with Crippen molar-refractivity contribution in [3.05, 3.63) is 0 Å². The Labute approximate surface area is 109 Å². The molecule has 0 bridgehead atoms. The van der Waals surface area contributed by atoms with Gasteiger partial charge in [-0.05, 0) is 26.2 Å². The molecule has 0 aliphatic heterocycles. The Bertz CT molecular complexity index is 365. The van der Waals surface area contributed by atoms with Gasteiger partial charge in [0.1, 0.15) is 9.84 Å². The molecule has 0 amide bonds. The van der Waals surface area contributed by atoms with Gasteiger partial charge >= 0.3 is 12.1 Å². The molecular weight excluding hydrogens is 293 g/mol. The maximum Gasteiger partial charge on any atom is 0.453 e. The fourth-order valence-corrected chi connectivity index (χ4v) is 2.78. The smallest absolute Gasteiger partial charge is 0.328 e. The van der Waals surface area contributed by atoms with E-state index in [9.17, 15) is 30.4 Å². The normalized spacial score (nSPS) is 15.5. The third kappa shape index (κ3) is 7.66. The lowest BCUT2D eigenvalue weighted by Gasteiger charge is -2.19. The van der Waals surface area contributed by atoms with Crippen LogP contribution >= 0.6 is 0 Å². The van der Waals surface area contributed by atoms with Gasteiger partial charge in [-0.25, -0.2) is 8.42 Å². The van der Waals surface area contributed by atoms with Crippen molar-refractivity contribution in [2.45, 2.75) is 50.7 Å². The lowest BCUT2D eigenvalue weighted by atomic mass is 10.2. The minimum atomic E-state index is -5.63. The molecule has 116 valence electrons. The van der Waals surface area contributed by atoms with E-state index in [0.717, 1.165) is 0 Å². The van der Waals surface area contributed by atoms with Crippen molar-refractivity contribution in [3.63, 3.8) is 0 Å². The molecule has 3 nitrogen and oxygen atoms in total. The SMILES string of the molecule is CC(N)CCCS(=O)(=O)CCCC(F)(F)C(F)(F)F. The van der Waals surface area contributed by atoms with Gasteiger partial charge in [0, 0.05) is 12.5 Å². The molecule has 1 atom stereocenters. The highest BCUT2D eigenvalue weighted by Crippen LogP contribution is 2.38. The highest BCUT2D eigenvalue weighted by Gasteiger charge is 2.56. The van der Waals surface area contributed by atoms with Gasteiger partial charge in [-0.1, -0.05) is 0 Å². The van der Waals surface area contributed by atoms with Gasteiger partial charge in [0.25, 0.3) is 0 Å². The summed E-state index contributed by atoms with van der Waals surface area (Å²) < 4.78 is 83.3. The van der Waals surface area contributed by atoms with Crippen LogP contribution in [0.25, 0.3) is 0 Å². The zero-order valence-electron chi connectivity index (χ0n) is 10.5. The average molecular weight is 311 g/mol. The molecule has 0 radical (unpaired) electrons. The number of sulfone groups is 1. The van der Waals surface area contributed by atoms with Gasteiger partial charge in [0.05, 0.1) is 11.5 Å². The summed E-state index contributed by atoms with van der Waals surface area (Å²) in [5, 5.41) is 0. The molecule has 0 aromatic carbocycles. The van der Waals surface area contributed by atoms with E-state index >= 15 is 0 Å². The van der Waals surface area contributed by atoms with E-state index in [1.54, 1.807) is 6.92 Å². The number of hydrogen-bond acceptors (Lipinski definition) is 3. The van der Waals surface area contributed by atoms with E-state index in [1.165, 1.54) is 0 Å². The van der Waals surface area contributed by atoms with Crippen molar-refractivity contribution < 1.29 is 30.4 Å². The van der Waals surface area contributed by atoms with Gasteiger partial charge in [-0.15, -0.1) is 0 Å². The Kier molecular flexibility index (Phi) is 6.67. The Morgan fingerprint density at radius 3 is 1.95 bits per heavy atom. The first-order valence-electron chi connectivity index (χ1n) is 5.78. The largest absolute Gasteiger partial charge is 0.453 e. The first-order chi connectivity index (χ1) is 8.37. The molecule has 9 heteroatoms. The van der Waals surface area contributed by atoms with E-state index in [1.807, 2.05) is 0 Å². The van der Waals surface area contributed by atoms with Crippen molar-refractivity contribution in [2.24, 2.45) is 5.73 Å². The first-order valence-corrected chi connectivity index (χ1v) is 7.60. The average Bonchev–Trinajstić information content (AvgIpc) is 2.13. The molecule has 0 rings (SSSR count). The lowest BCUT2D eigenvalue weighted by molar-refractivity contribution is -0.284. The Hall–Kier alpha value is -0.440. The summed E-state index contributed by atoms with van der Waals surface area (Å²) in [5.41, 5.74) is 5.41. The minimum absolute atomic E-state index is 0.176. The molecule has 0 aromatic heterocycles. The highest BCUT2D eigenvalue weighted by atomic mass is 32.2. The van der Waals surface area contributed by atoms with Gasteiger partial charge in [0.15, 0.2) is 0 Å². The molecule has 0 saturated carbocycles. The van der Waals surface area contributed by atoms with Crippen LogP contribution in [0.1, 0.15) is 32.6 Å². The van der Waals surface area contributed by atoms with E-state index in [-0.39, 0.29) is 18.2 Å². The van der Waals surface area contributed by atoms with Crippen LogP contribution in [0, 0.1) is 0 Å². The predicted octanol–water partition coefficient (Wildman–Crippen LogP) is 2.51. The van der Waals surface area contributed by atoms with Crippen LogP contribution in [-0.2, 0) is 9.84 Å². The molecule has 0 aromatic rings. The maximum atomic E-state index is 12.5. The van der Waals surface area contributed by atoms with E-state index in [2.05, 4.69) is 0 Å². The molecule has 0 aliphatic carbocycles. The standard InChI is InChI=1S/C10H18F5NO2S/c1-8(16)4-2-6-19(17,18)7-3-5-9(11,12)10(13,14)15/h8H,2-7,16H2,1H3. The lowest BCUT2D eigenvalue weighted by Crippen LogP contribution is -2.36. The fourth-order valence-electron chi connectivity index (χ4n) is 1.38. The summed E-state index contributed by atoms with van der Waals surface area (Å²) >= 11 is 0. The van der Waals surface area contributed by atoms with Crippen molar-refractivity contribution in [1.82, 2.24) is 0 Å². The Morgan fingerprint density at radius 2 is 1.53 bits per heavy atom. The van der Waals surface area contributed by atoms with Crippen LogP contribution in [0.4, 0.5) is 22.0 Å². The summed E-state index contributed by atoms with van der Waals surface area (Å²) in [5.74, 6) is -5.75. The number of nitrogens with two attached hydrogens (primary N) is 1. The van der Waals surface area contributed by atoms with Crippen LogP contribution in [0.3, 0.4) is 0 Å². The molecule has 0 aliphatic rings. The zero-order chi connectivity index (χ0) is 15.3. The van der Waals surface area contributed by atoms with Crippen LogP contribution < -0.4 is 5.73 Å². The predicted molar refractivity (Wildman–Crippen MR) is 61.8 cm³/mol. The monoisotopic (exact) mass is 311 g/mol.